The van der Waals surface area contributed by atoms with Crippen LogP contribution in [0.15, 0.2) is 72.6 Å². The molecule has 6 nitrogen and oxygen atoms in total. The summed E-state index contributed by atoms with van der Waals surface area (Å²) in [7, 11) is 3.32. The SMILES string of the molecule is C=CCNC(=O)c1cc(-c2csc(-c3ccc(OC)cc3)n2)n(CCc2ccc(OC)cc2)c1C. The Hall–Kier alpha value is -3.84. The standard InChI is InChI=1S/C28H29N3O3S/c1-5-15-29-27(32)24-17-26(25-18-35-28(30-25)21-8-12-23(34-4)13-9-21)31(19(24)2)16-14-20-6-10-22(33-3)11-7-20/h5-13,17-18H,1,14-16H2,2-4H3,(H,29,32). The van der Waals surface area contributed by atoms with Crippen LogP contribution in [0.5, 0.6) is 11.5 Å². The Balaban J connectivity index is 1.66. The molecule has 0 radical (unpaired) electrons. The number of nitrogens with zero attached hydrogens (tertiary/aromatic N) is 2. The number of carbonyl (C=O) groups excluding carboxylic acids is 1. The molecule has 2 aromatic carbocycles. The van der Waals surface area contributed by atoms with Crippen molar-refractivity contribution in [2.24, 2.45) is 0 Å². The first-order valence-corrected chi connectivity index (χ1v) is 12.2. The maximum Gasteiger partial charge on any atom is 0.253 e. The first-order valence-electron chi connectivity index (χ1n) is 11.4. The largest absolute Gasteiger partial charge is 0.497 e. The number of amides is 1. The quantitative estimate of drug-likeness (QED) is 0.289. The van der Waals surface area contributed by atoms with Gasteiger partial charge in [0.05, 0.1) is 31.2 Å². The number of nitrogens with one attached hydrogen (secondary N) is 1. The van der Waals surface area contributed by atoms with Gasteiger partial charge in [0.2, 0.25) is 0 Å². The predicted octanol–water partition coefficient (Wildman–Crippen LogP) is 5.76. The van der Waals surface area contributed by atoms with E-state index in [4.69, 9.17) is 14.5 Å². The van der Waals surface area contributed by atoms with Gasteiger partial charge in [-0.3, -0.25) is 4.79 Å². The molecular weight excluding hydrogens is 458 g/mol. The number of aromatic nitrogens is 2. The van der Waals surface area contributed by atoms with Crippen LogP contribution in [0.25, 0.3) is 22.0 Å². The summed E-state index contributed by atoms with van der Waals surface area (Å²) in [4.78, 5) is 17.8. The van der Waals surface area contributed by atoms with E-state index in [0.29, 0.717) is 12.1 Å². The van der Waals surface area contributed by atoms with Gasteiger partial charge in [0.15, 0.2) is 0 Å². The molecule has 2 heterocycles. The van der Waals surface area contributed by atoms with Crippen molar-refractivity contribution in [1.82, 2.24) is 14.9 Å². The first-order chi connectivity index (χ1) is 17.0. The summed E-state index contributed by atoms with van der Waals surface area (Å²) >= 11 is 1.58. The number of thiazole rings is 1. The van der Waals surface area contributed by atoms with Crippen LogP contribution in [0.4, 0.5) is 0 Å². The lowest BCUT2D eigenvalue weighted by Gasteiger charge is -2.12. The molecule has 0 atom stereocenters. The Labute approximate surface area is 209 Å². The normalized spacial score (nSPS) is 10.7. The monoisotopic (exact) mass is 487 g/mol. The van der Waals surface area contributed by atoms with Crippen LogP contribution >= 0.6 is 11.3 Å². The van der Waals surface area contributed by atoms with E-state index in [2.05, 4.69) is 28.6 Å². The van der Waals surface area contributed by atoms with Crippen molar-refractivity contribution in [3.8, 4) is 33.5 Å². The van der Waals surface area contributed by atoms with Crippen LogP contribution in [-0.4, -0.2) is 36.2 Å². The Kier molecular flexibility index (Phi) is 7.67. The van der Waals surface area contributed by atoms with Gasteiger partial charge in [-0.2, -0.15) is 0 Å². The van der Waals surface area contributed by atoms with Crippen molar-refractivity contribution in [2.75, 3.05) is 20.8 Å². The minimum Gasteiger partial charge on any atom is -0.497 e. The van der Waals surface area contributed by atoms with E-state index in [1.54, 1.807) is 31.6 Å². The van der Waals surface area contributed by atoms with Gasteiger partial charge in [-0.05, 0) is 61.4 Å². The highest BCUT2D eigenvalue weighted by Crippen LogP contribution is 2.32. The summed E-state index contributed by atoms with van der Waals surface area (Å²) in [6.45, 7) is 6.81. The molecule has 1 N–H and O–H groups in total. The fourth-order valence-electron chi connectivity index (χ4n) is 3.93. The number of benzene rings is 2. The summed E-state index contributed by atoms with van der Waals surface area (Å²) in [5, 5.41) is 5.86. The summed E-state index contributed by atoms with van der Waals surface area (Å²) < 4.78 is 12.7. The van der Waals surface area contributed by atoms with Crippen molar-refractivity contribution in [3.63, 3.8) is 0 Å². The second-order valence-corrected chi connectivity index (χ2v) is 8.90. The molecule has 0 bridgehead atoms. The summed E-state index contributed by atoms with van der Waals surface area (Å²) in [6, 6.07) is 17.9. The lowest BCUT2D eigenvalue weighted by Crippen LogP contribution is -2.23. The zero-order valence-electron chi connectivity index (χ0n) is 20.2. The fraction of sp³-hybridized carbons (Fsp3) is 0.214. The molecule has 0 spiro atoms. The average Bonchev–Trinajstić information content (AvgIpc) is 3.51. The summed E-state index contributed by atoms with van der Waals surface area (Å²) in [6.07, 6.45) is 2.49. The highest BCUT2D eigenvalue weighted by molar-refractivity contribution is 7.13. The molecule has 7 heteroatoms. The van der Waals surface area contributed by atoms with E-state index in [1.165, 1.54) is 5.56 Å². The predicted molar refractivity (Wildman–Crippen MR) is 141 cm³/mol. The van der Waals surface area contributed by atoms with Crippen molar-refractivity contribution >= 4 is 17.2 Å². The molecule has 0 unspecified atom stereocenters. The van der Waals surface area contributed by atoms with Gasteiger partial charge in [-0.1, -0.05) is 18.2 Å². The molecule has 35 heavy (non-hydrogen) atoms. The van der Waals surface area contributed by atoms with E-state index >= 15 is 0 Å². The molecule has 0 aliphatic rings. The van der Waals surface area contributed by atoms with Crippen LogP contribution < -0.4 is 14.8 Å². The topological polar surface area (TPSA) is 65.4 Å². The Morgan fingerprint density at radius 3 is 2.37 bits per heavy atom. The summed E-state index contributed by atoms with van der Waals surface area (Å²) in [5.41, 5.74) is 5.56. The van der Waals surface area contributed by atoms with E-state index in [-0.39, 0.29) is 5.91 Å². The van der Waals surface area contributed by atoms with Crippen LogP contribution in [0.2, 0.25) is 0 Å². The number of rotatable bonds is 10. The van der Waals surface area contributed by atoms with Crippen LogP contribution in [0.1, 0.15) is 21.6 Å². The zero-order chi connectivity index (χ0) is 24.8. The fourth-order valence-corrected chi connectivity index (χ4v) is 4.75. The maximum atomic E-state index is 12.8. The first kappa shape index (κ1) is 24.3. The van der Waals surface area contributed by atoms with Gasteiger partial charge in [0, 0.05) is 29.7 Å². The minimum absolute atomic E-state index is 0.113. The third kappa shape index (κ3) is 5.46. The molecule has 0 aliphatic heterocycles. The van der Waals surface area contributed by atoms with E-state index < -0.39 is 0 Å². The molecule has 0 saturated carbocycles. The molecule has 2 aromatic heterocycles. The highest BCUT2D eigenvalue weighted by atomic mass is 32.1. The van der Waals surface area contributed by atoms with Crippen molar-refractivity contribution in [3.05, 3.63) is 89.5 Å². The smallest absolute Gasteiger partial charge is 0.253 e. The van der Waals surface area contributed by atoms with Crippen LogP contribution in [-0.2, 0) is 13.0 Å². The third-order valence-corrected chi connectivity index (χ3v) is 6.80. The third-order valence-electron chi connectivity index (χ3n) is 5.90. The molecule has 0 saturated heterocycles. The van der Waals surface area contributed by atoms with Gasteiger partial charge < -0.3 is 19.4 Å². The van der Waals surface area contributed by atoms with Gasteiger partial charge >= 0.3 is 0 Å². The van der Waals surface area contributed by atoms with Crippen LogP contribution in [0, 0.1) is 6.92 Å². The van der Waals surface area contributed by atoms with Gasteiger partial charge in [0.1, 0.15) is 16.5 Å². The lowest BCUT2D eigenvalue weighted by molar-refractivity contribution is 0.0957. The number of aryl methyl sites for hydroxylation is 1. The van der Waals surface area contributed by atoms with Crippen molar-refractivity contribution in [1.29, 1.82) is 0 Å². The maximum absolute atomic E-state index is 12.8. The zero-order valence-corrected chi connectivity index (χ0v) is 21.0. The molecular formula is C28H29N3O3S. The lowest BCUT2D eigenvalue weighted by atomic mass is 10.1. The highest BCUT2D eigenvalue weighted by Gasteiger charge is 2.20. The molecule has 180 valence electrons. The second-order valence-electron chi connectivity index (χ2n) is 8.04. The Morgan fingerprint density at radius 1 is 1.09 bits per heavy atom. The Morgan fingerprint density at radius 2 is 1.74 bits per heavy atom. The van der Waals surface area contributed by atoms with E-state index in [0.717, 1.165) is 52.1 Å². The molecule has 0 fully saturated rings. The van der Waals surface area contributed by atoms with Gasteiger partial charge in [-0.15, -0.1) is 17.9 Å². The Bertz CT molecular complexity index is 1300. The van der Waals surface area contributed by atoms with Crippen LogP contribution in [0.3, 0.4) is 0 Å². The summed E-state index contributed by atoms with van der Waals surface area (Å²) in [5.74, 6) is 1.53. The number of hydrogen-bond acceptors (Lipinski definition) is 5. The van der Waals surface area contributed by atoms with Gasteiger partial charge in [-0.25, -0.2) is 4.98 Å². The van der Waals surface area contributed by atoms with E-state index in [1.807, 2.05) is 54.8 Å². The van der Waals surface area contributed by atoms with Crippen molar-refractivity contribution in [2.45, 2.75) is 19.9 Å². The van der Waals surface area contributed by atoms with Gasteiger partial charge in [0.25, 0.3) is 5.91 Å². The average molecular weight is 488 g/mol. The molecule has 4 aromatic rings. The molecule has 4 rings (SSSR count). The number of methoxy groups -OCH3 is 2. The second kappa shape index (κ2) is 11.1. The number of ether oxygens (including phenoxy) is 2. The number of hydrogen-bond donors (Lipinski definition) is 1. The van der Waals surface area contributed by atoms with Crippen molar-refractivity contribution < 1.29 is 14.3 Å². The van der Waals surface area contributed by atoms with E-state index in [9.17, 15) is 4.79 Å². The molecule has 0 aliphatic carbocycles. The number of carbonyl (C=O) groups is 1. The molecule has 1 amide bonds. The minimum atomic E-state index is -0.113.